The number of carbonyl (C=O) groups excluding carboxylic acids is 2. The first kappa shape index (κ1) is 19.6. The number of non-ortho nitro benzene ring substituents is 1. The highest BCUT2D eigenvalue weighted by molar-refractivity contribution is 9.10. The first-order chi connectivity index (χ1) is 14.4. The van der Waals surface area contributed by atoms with Crippen molar-refractivity contribution in [1.82, 2.24) is 10.4 Å². The summed E-state index contributed by atoms with van der Waals surface area (Å²) in [5.41, 5.74) is 4.55. The normalized spacial score (nSPS) is 15.2. The van der Waals surface area contributed by atoms with E-state index in [0.29, 0.717) is 11.3 Å². The highest BCUT2D eigenvalue weighted by Gasteiger charge is 2.34. The summed E-state index contributed by atoms with van der Waals surface area (Å²) in [5, 5.41) is 15.3. The summed E-state index contributed by atoms with van der Waals surface area (Å²) in [6, 6.07) is 19.7. The molecule has 2 N–H and O–H groups in total. The van der Waals surface area contributed by atoms with E-state index in [0.717, 1.165) is 10.0 Å². The molecule has 0 saturated heterocycles. The molecule has 8 nitrogen and oxygen atoms in total. The van der Waals surface area contributed by atoms with Gasteiger partial charge in [0.1, 0.15) is 6.17 Å². The van der Waals surface area contributed by atoms with Crippen LogP contribution in [-0.4, -0.2) is 21.7 Å². The number of hydrazine groups is 1. The van der Waals surface area contributed by atoms with E-state index in [9.17, 15) is 19.7 Å². The molecular formula is C21H15BrN4O4. The van der Waals surface area contributed by atoms with Crippen molar-refractivity contribution in [3.8, 4) is 0 Å². The van der Waals surface area contributed by atoms with Crippen LogP contribution in [0.5, 0.6) is 0 Å². The predicted octanol–water partition coefficient (Wildman–Crippen LogP) is 4.27. The molecule has 1 unspecified atom stereocenters. The van der Waals surface area contributed by atoms with Gasteiger partial charge in [-0.25, -0.2) is 5.01 Å². The number of halogens is 1. The molecule has 0 radical (unpaired) electrons. The Morgan fingerprint density at radius 2 is 1.77 bits per heavy atom. The molecule has 0 aliphatic carbocycles. The lowest BCUT2D eigenvalue weighted by Gasteiger charge is -2.37. The van der Waals surface area contributed by atoms with Gasteiger partial charge in [0.25, 0.3) is 17.5 Å². The summed E-state index contributed by atoms with van der Waals surface area (Å²) >= 11 is 3.36. The third kappa shape index (κ3) is 3.74. The topological polar surface area (TPSA) is 105 Å². The van der Waals surface area contributed by atoms with Gasteiger partial charge in [-0.1, -0.05) is 46.3 Å². The molecule has 30 heavy (non-hydrogen) atoms. The van der Waals surface area contributed by atoms with E-state index in [-0.39, 0.29) is 17.2 Å². The summed E-state index contributed by atoms with van der Waals surface area (Å²) < 4.78 is 0.733. The Morgan fingerprint density at radius 1 is 1.07 bits per heavy atom. The van der Waals surface area contributed by atoms with Crippen molar-refractivity contribution in [2.75, 3.05) is 5.32 Å². The van der Waals surface area contributed by atoms with Crippen LogP contribution in [0.3, 0.4) is 0 Å². The lowest BCUT2D eigenvalue weighted by molar-refractivity contribution is -0.384. The van der Waals surface area contributed by atoms with Gasteiger partial charge >= 0.3 is 0 Å². The number of nitrogens with one attached hydrogen (secondary N) is 2. The van der Waals surface area contributed by atoms with E-state index in [2.05, 4.69) is 26.7 Å². The Balaban J connectivity index is 1.68. The molecule has 1 atom stereocenters. The first-order valence-electron chi connectivity index (χ1n) is 8.94. The smallest absolute Gasteiger partial charge is 0.276 e. The summed E-state index contributed by atoms with van der Waals surface area (Å²) in [7, 11) is 0. The predicted molar refractivity (Wildman–Crippen MR) is 114 cm³/mol. The number of rotatable bonds is 4. The molecule has 9 heteroatoms. The number of nitro groups is 1. The third-order valence-corrected chi connectivity index (χ3v) is 5.15. The molecule has 4 rings (SSSR count). The number of benzene rings is 3. The summed E-state index contributed by atoms with van der Waals surface area (Å²) in [6.45, 7) is 0. The third-order valence-electron chi connectivity index (χ3n) is 4.66. The Hall–Kier alpha value is -3.72. The van der Waals surface area contributed by atoms with Crippen LogP contribution >= 0.6 is 15.9 Å². The van der Waals surface area contributed by atoms with E-state index in [1.54, 1.807) is 12.1 Å². The van der Waals surface area contributed by atoms with Gasteiger partial charge in [0.2, 0.25) is 0 Å². The number of fused-ring (bicyclic) bond motifs is 1. The monoisotopic (exact) mass is 466 g/mol. The highest BCUT2D eigenvalue weighted by Crippen LogP contribution is 2.33. The molecule has 2 amide bonds. The van der Waals surface area contributed by atoms with Crippen molar-refractivity contribution in [2.45, 2.75) is 6.17 Å². The van der Waals surface area contributed by atoms with Gasteiger partial charge in [0.05, 0.1) is 10.5 Å². The van der Waals surface area contributed by atoms with Crippen LogP contribution < -0.4 is 10.7 Å². The number of hydrogen-bond donors (Lipinski definition) is 2. The average molecular weight is 467 g/mol. The van der Waals surface area contributed by atoms with E-state index in [1.165, 1.54) is 29.3 Å². The average Bonchev–Trinajstić information content (AvgIpc) is 2.76. The van der Waals surface area contributed by atoms with Crippen LogP contribution in [0.15, 0.2) is 77.3 Å². The zero-order chi connectivity index (χ0) is 21.3. The Bertz CT molecular complexity index is 1140. The molecule has 3 aromatic rings. The Morgan fingerprint density at radius 3 is 2.43 bits per heavy atom. The zero-order valence-corrected chi connectivity index (χ0v) is 17.0. The molecule has 3 aromatic carbocycles. The summed E-state index contributed by atoms with van der Waals surface area (Å²) in [6.07, 6.45) is -0.630. The minimum atomic E-state index is -0.630. The first-order valence-corrected chi connectivity index (χ1v) is 9.73. The van der Waals surface area contributed by atoms with Gasteiger partial charge in [-0.15, -0.1) is 0 Å². The lowest BCUT2D eigenvalue weighted by atomic mass is 10.0. The number of hydrogen-bond acceptors (Lipinski definition) is 5. The largest absolute Gasteiger partial charge is 0.359 e. The minimum absolute atomic E-state index is 0.122. The molecule has 1 aliphatic heterocycles. The van der Waals surface area contributed by atoms with E-state index < -0.39 is 17.0 Å². The number of nitrogens with zero attached hydrogens (tertiary/aromatic N) is 2. The van der Waals surface area contributed by atoms with E-state index in [1.807, 2.05) is 36.4 Å². The second-order valence-electron chi connectivity index (χ2n) is 6.57. The van der Waals surface area contributed by atoms with Crippen molar-refractivity contribution < 1.29 is 14.5 Å². The van der Waals surface area contributed by atoms with Gasteiger partial charge < -0.3 is 5.32 Å². The van der Waals surface area contributed by atoms with Crippen LogP contribution in [0.1, 0.15) is 32.4 Å². The van der Waals surface area contributed by atoms with Crippen molar-refractivity contribution in [3.63, 3.8) is 0 Å². The van der Waals surface area contributed by atoms with Gasteiger partial charge in [0, 0.05) is 27.9 Å². The standard InChI is InChI=1S/C21H15BrN4O4/c22-15-8-11-18-17(12-15)21(28)25(19(23-18)13-4-2-1-3-5-13)24-20(27)14-6-9-16(10-7-14)26(29)30/h1-12,19,23H,(H,24,27). The number of nitro benzene ring substituents is 1. The number of anilines is 1. The van der Waals surface area contributed by atoms with Crippen molar-refractivity contribution in [3.05, 3.63) is 104 Å². The minimum Gasteiger partial charge on any atom is -0.359 e. The van der Waals surface area contributed by atoms with Crippen LogP contribution in [0.25, 0.3) is 0 Å². The molecule has 0 aromatic heterocycles. The fourth-order valence-electron chi connectivity index (χ4n) is 3.17. The molecule has 0 saturated carbocycles. The molecule has 0 fully saturated rings. The van der Waals surface area contributed by atoms with Crippen LogP contribution in [0, 0.1) is 10.1 Å². The Kier molecular flexibility index (Phi) is 5.20. The summed E-state index contributed by atoms with van der Waals surface area (Å²) in [4.78, 5) is 36.3. The fourth-order valence-corrected chi connectivity index (χ4v) is 3.53. The second-order valence-corrected chi connectivity index (χ2v) is 7.48. The van der Waals surface area contributed by atoms with Crippen molar-refractivity contribution in [1.29, 1.82) is 0 Å². The van der Waals surface area contributed by atoms with Crippen LogP contribution in [0.4, 0.5) is 11.4 Å². The molecule has 1 aliphatic rings. The SMILES string of the molecule is O=C(NN1C(=O)c2cc(Br)ccc2NC1c1ccccc1)c1ccc([N+](=O)[O-])cc1. The van der Waals surface area contributed by atoms with Gasteiger partial charge in [0.15, 0.2) is 0 Å². The maximum Gasteiger partial charge on any atom is 0.276 e. The van der Waals surface area contributed by atoms with Gasteiger partial charge in [-0.2, -0.15) is 0 Å². The van der Waals surface area contributed by atoms with Crippen LogP contribution in [0.2, 0.25) is 0 Å². The molecule has 150 valence electrons. The van der Waals surface area contributed by atoms with Gasteiger partial charge in [-0.3, -0.25) is 25.1 Å². The Labute approximate surface area is 179 Å². The molecule has 1 heterocycles. The van der Waals surface area contributed by atoms with E-state index >= 15 is 0 Å². The maximum atomic E-state index is 13.2. The zero-order valence-electron chi connectivity index (χ0n) is 15.4. The van der Waals surface area contributed by atoms with Crippen molar-refractivity contribution in [2.24, 2.45) is 0 Å². The molecular weight excluding hydrogens is 452 g/mol. The number of carbonyl (C=O) groups is 2. The van der Waals surface area contributed by atoms with Crippen LogP contribution in [-0.2, 0) is 0 Å². The number of amides is 2. The fraction of sp³-hybridized carbons (Fsp3) is 0.0476. The van der Waals surface area contributed by atoms with E-state index in [4.69, 9.17) is 0 Å². The molecule has 0 spiro atoms. The maximum absolute atomic E-state index is 13.2. The molecule has 0 bridgehead atoms. The van der Waals surface area contributed by atoms with Gasteiger partial charge in [-0.05, 0) is 35.9 Å². The second kappa shape index (κ2) is 7.96. The lowest BCUT2D eigenvalue weighted by Crippen LogP contribution is -2.52. The highest BCUT2D eigenvalue weighted by atomic mass is 79.9. The quantitative estimate of drug-likeness (QED) is 0.441. The summed E-state index contributed by atoms with van der Waals surface area (Å²) in [5.74, 6) is -0.936. The van der Waals surface area contributed by atoms with Crippen molar-refractivity contribution >= 4 is 39.1 Å².